The molecule has 1 fully saturated rings. The van der Waals surface area contributed by atoms with E-state index in [0.717, 1.165) is 0 Å². The molecule has 1 saturated carbocycles. The standard InChI is InChI=1S/C23H25ClF4O4/c1-23(31,10-8-17(25)21(27)28)9-2-3-13-14-6-4-12-5-7-15(22(29)30)19(26)20(12)32-18(14)11-16(13)24/h2-3,5,7,13-14,16,18,31H,4,6,8-11H2,1H3,(H,29,30)/b3-2+/t13-,14-,16-,18+,23-/m1/s1. The zero-order chi connectivity index (χ0) is 23.6. The molecule has 1 heterocycles. The van der Waals surface area contributed by atoms with Crippen molar-refractivity contribution in [2.45, 2.75) is 62.5 Å². The van der Waals surface area contributed by atoms with Gasteiger partial charge >= 0.3 is 12.0 Å². The highest BCUT2D eigenvalue weighted by atomic mass is 35.5. The van der Waals surface area contributed by atoms with Crippen molar-refractivity contribution in [3.05, 3.63) is 53.1 Å². The molecule has 5 atom stereocenters. The van der Waals surface area contributed by atoms with Crippen LogP contribution in [0.1, 0.15) is 54.9 Å². The van der Waals surface area contributed by atoms with Gasteiger partial charge in [0.15, 0.2) is 17.4 Å². The van der Waals surface area contributed by atoms with Gasteiger partial charge in [-0.05, 0) is 50.2 Å². The van der Waals surface area contributed by atoms with Crippen LogP contribution in [0.15, 0.2) is 36.2 Å². The summed E-state index contributed by atoms with van der Waals surface area (Å²) in [5, 5.41) is 19.2. The molecule has 9 heteroatoms. The van der Waals surface area contributed by atoms with Gasteiger partial charge in [-0.25, -0.2) is 13.6 Å². The highest BCUT2D eigenvalue weighted by molar-refractivity contribution is 6.21. The molecule has 2 N–H and O–H groups in total. The summed E-state index contributed by atoms with van der Waals surface area (Å²) in [7, 11) is 0. The Morgan fingerprint density at radius 3 is 2.72 bits per heavy atom. The topological polar surface area (TPSA) is 66.8 Å². The molecule has 0 amide bonds. The van der Waals surface area contributed by atoms with Crippen molar-refractivity contribution in [3.63, 3.8) is 0 Å². The molecule has 176 valence electrons. The minimum Gasteiger partial charge on any atom is -0.487 e. The van der Waals surface area contributed by atoms with E-state index in [2.05, 4.69) is 0 Å². The van der Waals surface area contributed by atoms with Crippen LogP contribution in [-0.4, -0.2) is 33.3 Å². The lowest BCUT2D eigenvalue weighted by Gasteiger charge is -2.23. The predicted octanol–water partition coefficient (Wildman–Crippen LogP) is 6.02. The van der Waals surface area contributed by atoms with Crippen LogP contribution in [0.25, 0.3) is 0 Å². The maximum Gasteiger partial charge on any atom is 0.338 e. The third-order valence-electron chi connectivity index (χ3n) is 6.28. The molecular weight excluding hydrogens is 452 g/mol. The molecule has 1 aromatic carbocycles. The molecule has 0 saturated heterocycles. The Morgan fingerprint density at radius 2 is 2.06 bits per heavy atom. The number of carboxylic acids is 1. The number of carbonyl (C=O) groups is 1. The minimum atomic E-state index is -2.38. The number of alkyl halides is 1. The first kappa shape index (κ1) is 24.6. The summed E-state index contributed by atoms with van der Waals surface area (Å²) in [5.41, 5.74) is -1.20. The van der Waals surface area contributed by atoms with Crippen LogP contribution in [-0.2, 0) is 6.42 Å². The maximum atomic E-state index is 14.7. The van der Waals surface area contributed by atoms with Gasteiger partial charge in [0.1, 0.15) is 6.10 Å². The van der Waals surface area contributed by atoms with Crippen LogP contribution >= 0.6 is 11.6 Å². The number of aliphatic hydroxyl groups is 1. The predicted molar refractivity (Wildman–Crippen MR) is 111 cm³/mol. The zero-order valence-corrected chi connectivity index (χ0v) is 18.2. The average molecular weight is 477 g/mol. The normalized spacial score (nSPS) is 26.6. The lowest BCUT2D eigenvalue weighted by Crippen LogP contribution is -2.25. The molecule has 0 radical (unpaired) electrons. The van der Waals surface area contributed by atoms with Crippen LogP contribution in [0.3, 0.4) is 0 Å². The van der Waals surface area contributed by atoms with Crippen molar-refractivity contribution in [3.8, 4) is 5.75 Å². The Hall–Kier alpha value is -2.06. The maximum absolute atomic E-state index is 14.7. The fraction of sp³-hybridized carbons (Fsp3) is 0.522. The highest BCUT2D eigenvalue weighted by Gasteiger charge is 2.44. The fourth-order valence-corrected chi connectivity index (χ4v) is 4.91. The van der Waals surface area contributed by atoms with Gasteiger partial charge in [-0.1, -0.05) is 18.2 Å². The highest BCUT2D eigenvalue weighted by Crippen LogP contribution is 2.45. The minimum absolute atomic E-state index is 0.0380. The van der Waals surface area contributed by atoms with Gasteiger partial charge in [0, 0.05) is 24.1 Å². The number of benzene rings is 1. The lowest BCUT2D eigenvalue weighted by molar-refractivity contribution is 0.0521. The van der Waals surface area contributed by atoms with E-state index < -0.39 is 41.3 Å². The zero-order valence-electron chi connectivity index (χ0n) is 17.5. The van der Waals surface area contributed by atoms with Crippen LogP contribution in [0.5, 0.6) is 5.75 Å². The first-order valence-corrected chi connectivity index (χ1v) is 10.9. The Bertz CT molecular complexity index is 927. The number of hydrogen-bond donors (Lipinski definition) is 2. The van der Waals surface area contributed by atoms with Crippen LogP contribution in [0.4, 0.5) is 17.6 Å². The van der Waals surface area contributed by atoms with E-state index in [9.17, 15) is 27.5 Å². The number of aromatic carboxylic acids is 1. The molecule has 0 bridgehead atoms. The molecule has 3 rings (SSSR count). The summed E-state index contributed by atoms with van der Waals surface area (Å²) in [4.78, 5) is 11.2. The van der Waals surface area contributed by atoms with Gasteiger partial charge in [0.2, 0.25) is 0 Å². The van der Waals surface area contributed by atoms with Crippen molar-refractivity contribution in [2.75, 3.05) is 0 Å². The molecular formula is C23H25ClF4O4. The molecule has 4 nitrogen and oxygen atoms in total. The number of hydrogen-bond acceptors (Lipinski definition) is 3. The monoisotopic (exact) mass is 476 g/mol. The smallest absolute Gasteiger partial charge is 0.338 e. The third-order valence-corrected chi connectivity index (χ3v) is 6.75. The second-order valence-electron chi connectivity index (χ2n) is 8.70. The van der Waals surface area contributed by atoms with E-state index in [4.69, 9.17) is 21.4 Å². The number of allylic oxidation sites excluding steroid dienone is 2. The Labute approximate surface area is 188 Å². The molecule has 32 heavy (non-hydrogen) atoms. The van der Waals surface area contributed by atoms with Crippen molar-refractivity contribution in [1.82, 2.24) is 0 Å². The Morgan fingerprint density at radius 1 is 1.34 bits per heavy atom. The molecule has 1 aliphatic carbocycles. The summed E-state index contributed by atoms with van der Waals surface area (Å²) in [6, 6.07) is 2.80. The van der Waals surface area contributed by atoms with Gasteiger partial charge in [-0.2, -0.15) is 8.78 Å². The van der Waals surface area contributed by atoms with Crippen LogP contribution in [0.2, 0.25) is 0 Å². The van der Waals surface area contributed by atoms with Crippen molar-refractivity contribution in [1.29, 1.82) is 0 Å². The summed E-state index contributed by atoms with van der Waals surface area (Å²) in [6.45, 7) is 1.45. The number of rotatable bonds is 7. The fourth-order valence-electron chi connectivity index (χ4n) is 4.46. The Balaban J connectivity index is 1.69. The largest absolute Gasteiger partial charge is 0.487 e. The summed E-state index contributed by atoms with van der Waals surface area (Å²) in [6.07, 6.45) is 1.80. The SMILES string of the molecule is C[C@@](O)(C/C=C/[C@@H]1[C@H]2CCc3ccc(C(=O)O)c(F)c3O[C@H]2C[C@H]1Cl)CCC(F)=C(F)F. The molecule has 1 aliphatic heterocycles. The van der Waals surface area contributed by atoms with Crippen molar-refractivity contribution >= 4 is 17.6 Å². The molecule has 0 aromatic heterocycles. The van der Waals surface area contributed by atoms with Gasteiger partial charge in [0.05, 0.1) is 11.2 Å². The Kier molecular flexibility index (Phi) is 7.55. The summed E-state index contributed by atoms with van der Waals surface area (Å²) < 4.78 is 58.0. The second-order valence-corrected chi connectivity index (χ2v) is 9.26. The summed E-state index contributed by atoms with van der Waals surface area (Å²) >= 11 is 6.52. The molecule has 2 aliphatic rings. The molecule has 0 unspecified atom stereocenters. The van der Waals surface area contributed by atoms with E-state index in [0.29, 0.717) is 24.8 Å². The van der Waals surface area contributed by atoms with E-state index in [1.54, 1.807) is 12.1 Å². The van der Waals surface area contributed by atoms with E-state index in [1.807, 2.05) is 6.08 Å². The number of aryl methyl sites for hydroxylation is 1. The van der Waals surface area contributed by atoms with Crippen molar-refractivity contribution < 1.29 is 37.3 Å². The van der Waals surface area contributed by atoms with E-state index in [1.165, 1.54) is 13.0 Å². The quantitative estimate of drug-likeness (QED) is 0.287. The van der Waals surface area contributed by atoms with Gasteiger partial charge < -0.3 is 14.9 Å². The number of halogens is 5. The van der Waals surface area contributed by atoms with E-state index in [-0.39, 0.29) is 41.9 Å². The van der Waals surface area contributed by atoms with Crippen LogP contribution < -0.4 is 4.74 Å². The first-order valence-electron chi connectivity index (χ1n) is 10.4. The number of ether oxygens (including phenoxy) is 1. The number of fused-ring (bicyclic) bond motifs is 2. The van der Waals surface area contributed by atoms with Gasteiger partial charge in [0.25, 0.3) is 0 Å². The average Bonchev–Trinajstić information content (AvgIpc) is 2.88. The molecule has 0 spiro atoms. The number of carboxylic acid groups (broad SMARTS) is 1. The lowest BCUT2D eigenvalue weighted by atomic mass is 9.88. The third kappa shape index (κ3) is 5.46. The summed E-state index contributed by atoms with van der Waals surface area (Å²) in [5.74, 6) is -3.99. The van der Waals surface area contributed by atoms with Gasteiger partial charge in [-0.3, -0.25) is 0 Å². The second kappa shape index (κ2) is 9.83. The van der Waals surface area contributed by atoms with Gasteiger partial charge in [-0.15, -0.1) is 11.6 Å². The van der Waals surface area contributed by atoms with E-state index >= 15 is 0 Å². The first-order chi connectivity index (χ1) is 15.0. The van der Waals surface area contributed by atoms with Crippen molar-refractivity contribution in [2.24, 2.45) is 11.8 Å². The molecule has 1 aromatic rings. The van der Waals surface area contributed by atoms with Crippen LogP contribution in [0, 0.1) is 17.7 Å².